The predicted molar refractivity (Wildman–Crippen MR) is 131 cm³/mol. The fourth-order valence-electron chi connectivity index (χ4n) is 3.62. The van der Waals surface area contributed by atoms with Crippen LogP contribution in [0.5, 0.6) is 0 Å². The Morgan fingerprint density at radius 2 is 1.91 bits per heavy atom. The first-order chi connectivity index (χ1) is 15.3. The summed E-state index contributed by atoms with van der Waals surface area (Å²) in [5.41, 5.74) is 7.74. The Morgan fingerprint density at radius 1 is 1.22 bits per heavy atom. The van der Waals surface area contributed by atoms with Gasteiger partial charge in [0.2, 0.25) is 0 Å². The van der Waals surface area contributed by atoms with E-state index in [2.05, 4.69) is 37.9 Å². The number of methoxy groups -OCH3 is 1. The number of carbonyl (C=O) groups is 1. The van der Waals surface area contributed by atoms with Gasteiger partial charge in [0, 0.05) is 8.95 Å². The van der Waals surface area contributed by atoms with Gasteiger partial charge < -0.3 is 10.5 Å². The lowest BCUT2D eigenvalue weighted by atomic mass is 9.84. The van der Waals surface area contributed by atoms with E-state index in [1.165, 1.54) is 11.7 Å². The number of benzene rings is 2. The van der Waals surface area contributed by atoms with E-state index in [9.17, 15) is 14.9 Å². The number of halogens is 2. The molecule has 0 saturated heterocycles. The van der Waals surface area contributed by atoms with Gasteiger partial charge in [0.25, 0.3) is 5.56 Å². The van der Waals surface area contributed by atoms with Crippen molar-refractivity contribution in [3.63, 3.8) is 0 Å². The molecule has 2 heterocycles. The van der Waals surface area contributed by atoms with Crippen molar-refractivity contribution in [2.75, 3.05) is 7.11 Å². The van der Waals surface area contributed by atoms with Crippen LogP contribution >= 0.6 is 43.2 Å². The van der Waals surface area contributed by atoms with Crippen molar-refractivity contribution in [3.8, 4) is 6.07 Å². The summed E-state index contributed by atoms with van der Waals surface area (Å²) in [5.74, 6) is -1.38. The molecule has 0 spiro atoms. The average molecular weight is 573 g/mol. The van der Waals surface area contributed by atoms with Crippen LogP contribution in [0, 0.1) is 11.3 Å². The van der Waals surface area contributed by atoms with E-state index >= 15 is 0 Å². The van der Waals surface area contributed by atoms with Crippen LogP contribution < -0.4 is 20.5 Å². The van der Waals surface area contributed by atoms with E-state index < -0.39 is 17.4 Å². The molecule has 0 unspecified atom stereocenters. The summed E-state index contributed by atoms with van der Waals surface area (Å²) in [7, 11) is 1.27. The third kappa shape index (κ3) is 3.86. The van der Waals surface area contributed by atoms with Crippen molar-refractivity contribution >= 4 is 66.6 Å². The van der Waals surface area contributed by atoms with Crippen LogP contribution in [0.1, 0.15) is 17.0 Å². The molecule has 0 radical (unpaired) electrons. The zero-order valence-corrected chi connectivity index (χ0v) is 20.6. The number of nitriles is 1. The SMILES string of the molecule is COC(=O)C1=c2s/c(=C/c3cccc(Br)c3)c(=O)n2C(N)=C(C#N)[C@@H]1c1cccc(Br)c1. The average Bonchev–Trinajstić information content (AvgIpc) is 3.09. The number of rotatable bonds is 3. The normalized spacial score (nSPS) is 16.0. The molecule has 0 bridgehead atoms. The summed E-state index contributed by atoms with van der Waals surface area (Å²) < 4.78 is 8.68. The standard InChI is InChI=1S/C23H15Br2N3O3S/c1-31-23(30)19-18(13-5-3-7-15(25)10-13)16(11-26)20(27)28-21(29)17(32-22(19)28)9-12-4-2-6-14(24)8-12/h2-10,18H,27H2,1H3/b17-9+/t18-/m0/s1. The van der Waals surface area contributed by atoms with Crippen molar-refractivity contribution in [1.82, 2.24) is 4.57 Å². The van der Waals surface area contributed by atoms with Crippen LogP contribution in [0.3, 0.4) is 0 Å². The van der Waals surface area contributed by atoms with Crippen molar-refractivity contribution in [1.29, 1.82) is 5.26 Å². The zero-order valence-electron chi connectivity index (χ0n) is 16.6. The molecule has 2 N–H and O–H groups in total. The third-order valence-electron chi connectivity index (χ3n) is 5.00. The first kappa shape index (κ1) is 22.3. The van der Waals surface area contributed by atoms with Crippen LogP contribution in [-0.4, -0.2) is 17.6 Å². The molecule has 1 aliphatic heterocycles. The molecule has 32 heavy (non-hydrogen) atoms. The maximum atomic E-state index is 13.3. The molecule has 160 valence electrons. The number of hydrogen-bond donors (Lipinski definition) is 1. The highest BCUT2D eigenvalue weighted by Crippen LogP contribution is 2.37. The van der Waals surface area contributed by atoms with Gasteiger partial charge in [0.15, 0.2) is 0 Å². The molecular formula is C23H15Br2N3O3S. The second-order valence-electron chi connectivity index (χ2n) is 6.92. The number of hydrogen-bond acceptors (Lipinski definition) is 6. The van der Waals surface area contributed by atoms with Crippen molar-refractivity contribution in [3.05, 3.63) is 93.7 Å². The second-order valence-corrected chi connectivity index (χ2v) is 9.78. The number of nitrogens with zero attached hydrogens (tertiary/aromatic N) is 2. The first-order valence-corrected chi connectivity index (χ1v) is 11.7. The van der Waals surface area contributed by atoms with Gasteiger partial charge in [-0.3, -0.25) is 9.36 Å². The van der Waals surface area contributed by atoms with Crippen LogP contribution in [0.2, 0.25) is 0 Å². The van der Waals surface area contributed by atoms with Crippen molar-refractivity contribution in [2.45, 2.75) is 5.92 Å². The molecule has 0 amide bonds. The van der Waals surface area contributed by atoms with Gasteiger partial charge in [-0.15, -0.1) is 11.3 Å². The Labute approximate surface area is 203 Å². The second kappa shape index (κ2) is 8.90. The summed E-state index contributed by atoms with van der Waals surface area (Å²) in [6.07, 6.45) is 1.73. The summed E-state index contributed by atoms with van der Waals surface area (Å²) in [4.78, 5) is 26.2. The van der Waals surface area contributed by atoms with Gasteiger partial charge in [-0.2, -0.15) is 5.26 Å². The highest BCUT2D eigenvalue weighted by molar-refractivity contribution is 9.10. The monoisotopic (exact) mass is 571 g/mol. The highest BCUT2D eigenvalue weighted by atomic mass is 79.9. The molecule has 3 aromatic rings. The molecule has 0 fully saturated rings. The van der Waals surface area contributed by atoms with Gasteiger partial charge in [-0.1, -0.05) is 56.1 Å². The molecule has 0 saturated carbocycles. The number of allylic oxidation sites excluding steroid dienone is 1. The molecular weight excluding hydrogens is 558 g/mol. The van der Waals surface area contributed by atoms with E-state index in [4.69, 9.17) is 10.5 Å². The third-order valence-corrected chi connectivity index (χ3v) is 7.10. The Kier molecular flexibility index (Phi) is 6.20. The van der Waals surface area contributed by atoms with Crippen LogP contribution in [0.15, 0.2) is 67.8 Å². The van der Waals surface area contributed by atoms with E-state index in [0.29, 0.717) is 14.8 Å². The Bertz CT molecular complexity index is 1510. The number of thiazole rings is 1. The predicted octanol–water partition coefficient (Wildman–Crippen LogP) is 3.04. The van der Waals surface area contributed by atoms with Gasteiger partial charge in [0.1, 0.15) is 10.5 Å². The van der Waals surface area contributed by atoms with E-state index in [0.717, 1.165) is 25.8 Å². The summed E-state index contributed by atoms with van der Waals surface area (Å²) in [6.45, 7) is 0. The lowest BCUT2D eigenvalue weighted by Crippen LogP contribution is -2.40. The van der Waals surface area contributed by atoms with Gasteiger partial charge in [-0.05, 0) is 41.5 Å². The summed E-state index contributed by atoms with van der Waals surface area (Å²) in [6, 6.07) is 16.9. The maximum Gasteiger partial charge on any atom is 0.337 e. The number of esters is 1. The number of fused-ring (bicyclic) bond motifs is 1. The van der Waals surface area contributed by atoms with E-state index in [1.807, 2.05) is 42.5 Å². The van der Waals surface area contributed by atoms with Crippen molar-refractivity contribution in [2.24, 2.45) is 5.73 Å². The quantitative estimate of drug-likeness (QED) is 0.486. The topological polar surface area (TPSA) is 98.1 Å². The maximum absolute atomic E-state index is 13.3. The molecule has 1 atom stereocenters. The molecule has 6 nitrogen and oxygen atoms in total. The van der Waals surface area contributed by atoms with Gasteiger partial charge in [-0.25, -0.2) is 4.79 Å². The van der Waals surface area contributed by atoms with E-state index in [-0.39, 0.29) is 17.0 Å². The summed E-state index contributed by atoms with van der Waals surface area (Å²) >= 11 is 8.00. The minimum Gasteiger partial charge on any atom is -0.466 e. The molecule has 1 aliphatic rings. The lowest BCUT2D eigenvalue weighted by Gasteiger charge is -2.24. The fraction of sp³-hybridized carbons (Fsp3) is 0.0870. The minimum absolute atomic E-state index is 0.00951. The molecule has 9 heteroatoms. The van der Waals surface area contributed by atoms with Gasteiger partial charge >= 0.3 is 5.97 Å². The van der Waals surface area contributed by atoms with Crippen LogP contribution in [0.4, 0.5) is 0 Å². The molecule has 1 aromatic heterocycles. The smallest absolute Gasteiger partial charge is 0.337 e. The number of aromatic nitrogens is 1. The first-order valence-electron chi connectivity index (χ1n) is 9.33. The molecule has 0 aliphatic carbocycles. The lowest BCUT2D eigenvalue weighted by molar-refractivity contribution is -0.134. The zero-order chi connectivity index (χ0) is 23.0. The van der Waals surface area contributed by atoms with Crippen LogP contribution in [0.25, 0.3) is 17.5 Å². The number of carbonyl (C=O) groups excluding carboxylic acids is 1. The fourth-order valence-corrected chi connectivity index (χ4v) is 5.62. The van der Waals surface area contributed by atoms with E-state index in [1.54, 1.807) is 12.1 Å². The molecule has 2 aromatic carbocycles. The number of ether oxygens (including phenoxy) is 1. The molecule has 4 rings (SSSR count). The Morgan fingerprint density at radius 3 is 2.53 bits per heavy atom. The van der Waals surface area contributed by atoms with Crippen LogP contribution in [-0.2, 0) is 9.53 Å². The summed E-state index contributed by atoms with van der Waals surface area (Å²) in [5, 5.41) is 9.93. The number of nitrogens with two attached hydrogens (primary N) is 1. The Balaban J connectivity index is 2.11. The largest absolute Gasteiger partial charge is 0.466 e. The highest BCUT2D eigenvalue weighted by Gasteiger charge is 2.36. The Hall–Kier alpha value is -2.93. The minimum atomic E-state index is -0.762. The van der Waals surface area contributed by atoms with Gasteiger partial charge in [0.05, 0.1) is 34.8 Å². The van der Waals surface area contributed by atoms with Crippen molar-refractivity contribution < 1.29 is 9.53 Å².